The van der Waals surface area contributed by atoms with Gasteiger partial charge in [0.1, 0.15) is 0 Å². The van der Waals surface area contributed by atoms with Crippen LogP contribution in [0.25, 0.3) is 0 Å². The van der Waals surface area contributed by atoms with Crippen molar-refractivity contribution in [1.29, 1.82) is 0 Å². The minimum Gasteiger partial charge on any atom is -0.399 e. The third-order valence-corrected chi connectivity index (χ3v) is 7.32. The lowest BCUT2D eigenvalue weighted by Crippen LogP contribution is -2.10. The average Bonchev–Trinajstić information content (AvgIpc) is 2.88. The Labute approximate surface area is 237 Å². The first kappa shape index (κ1) is 27.6. The topological polar surface area (TPSA) is 178 Å². The van der Waals surface area contributed by atoms with Gasteiger partial charge in [-0.25, -0.2) is 0 Å². The van der Waals surface area contributed by atoms with Gasteiger partial charge in [0.2, 0.25) is 34.4 Å². The summed E-state index contributed by atoms with van der Waals surface area (Å²) in [5, 5.41) is 12.7. The molecule has 0 aliphatic heterocycles. The van der Waals surface area contributed by atoms with Crippen LogP contribution in [0.1, 0.15) is 0 Å². The zero-order valence-electron chi connectivity index (χ0n) is 19.9. The van der Waals surface area contributed by atoms with E-state index in [1.54, 1.807) is 45.9 Å². The molecule has 8 N–H and O–H groups in total. The van der Waals surface area contributed by atoms with E-state index in [1.165, 1.54) is 0 Å². The first-order valence-electron chi connectivity index (χ1n) is 11.2. The van der Waals surface area contributed by atoms with E-state index in [9.17, 15) is 0 Å². The van der Waals surface area contributed by atoms with Crippen molar-refractivity contribution >= 4 is 91.3 Å². The Balaban J connectivity index is 1.14. The zero-order valence-corrected chi connectivity index (χ0v) is 23.0. The molecule has 16 heteroatoms. The van der Waals surface area contributed by atoms with Gasteiger partial charge in [-0.2, -0.15) is 29.9 Å². The Morgan fingerprint density at radius 1 is 0.553 bits per heavy atom. The molecule has 12 nitrogen and oxygen atoms in total. The minimum absolute atomic E-state index is 0.0961. The number of hydrogen-bond donors (Lipinski definition) is 6. The summed E-state index contributed by atoms with van der Waals surface area (Å²) in [7, 11) is 3.42. The van der Waals surface area contributed by atoms with E-state index >= 15 is 0 Å². The van der Waals surface area contributed by atoms with E-state index in [0.717, 1.165) is 22.9 Å². The van der Waals surface area contributed by atoms with Crippen LogP contribution >= 0.6 is 44.8 Å². The minimum atomic E-state index is 0.0961. The van der Waals surface area contributed by atoms with Crippen LogP contribution in [0.2, 0.25) is 10.6 Å². The zero-order chi connectivity index (χ0) is 26.7. The van der Waals surface area contributed by atoms with Crippen LogP contribution in [-0.2, 0) is 0 Å². The number of halogens is 2. The van der Waals surface area contributed by atoms with Crippen molar-refractivity contribution in [3.05, 3.63) is 59.1 Å². The van der Waals surface area contributed by atoms with E-state index in [2.05, 4.69) is 51.2 Å². The number of nitrogens with zero attached hydrogens (tertiary/aromatic N) is 6. The maximum Gasteiger partial charge on any atom is 0.233 e. The smallest absolute Gasteiger partial charge is 0.233 e. The van der Waals surface area contributed by atoms with Crippen molar-refractivity contribution in [1.82, 2.24) is 29.9 Å². The SMILES string of the molecule is Nc1ccc(Nc2nc(Cl)nc(NCCSSCCNc3nc(Cl)nc(Nc4ccc(N)cc4)n3)n2)cc1. The molecule has 4 aromatic rings. The Morgan fingerprint density at radius 3 is 1.32 bits per heavy atom. The second kappa shape index (κ2) is 13.9. The normalized spacial score (nSPS) is 10.7. The van der Waals surface area contributed by atoms with Crippen LogP contribution in [0.4, 0.5) is 46.5 Å². The van der Waals surface area contributed by atoms with Crippen molar-refractivity contribution in [3.63, 3.8) is 0 Å². The third kappa shape index (κ3) is 9.13. The lowest BCUT2D eigenvalue weighted by atomic mass is 10.3. The first-order chi connectivity index (χ1) is 18.4. The molecule has 0 saturated heterocycles. The third-order valence-electron chi connectivity index (χ3n) is 4.57. The molecule has 0 spiro atoms. The Hall–Kier alpha value is -3.46. The number of hydrogen-bond acceptors (Lipinski definition) is 14. The summed E-state index contributed by atoms with van der Waals surface area (Å²) in [5.74, 6) is 3.12. The van der Waals surface area contributed by atoms with E-state index in [4.69, 9.17) is 34.7 Å². The van der Waals surface area contributed by atoms with Gasteiger partial charge < -0.3 is 32.7 Å². The van der Waals surface area contributed by atoms with Crippen molar-refractivity contribution in [2.45, 2.75) is 0 Å². The number of nitrogen functional groups attached to an aromatic ring is 2. The molecule has 0 radical (unpaired) electrons. The lowest BCUT2D eigenvalue weighted by molar-refractivity contribution is 1.03. The van der Waals surface area contributed by atoms with Crippen LogP contribution < -0.4 is 32.7 Å². The van der Waals surface area contributed by atoms with Gasteiger partial charge in [-0.05, 0) is 71.7 Å². The van der Waals surface area contributed by atoms with Crippen LogP contribution in [0, 0.1) is 0 Å². The molecule has 2 heterocycles. The van der Waals surface area contributed by atoms with Gasteiger partial charge in [-0.3, -0.25) is 0 Å². The van der Waals surface area contributed by atoms with Gasteiger partial charge in [0, 0.05) is 47.3 Å². The number of benzene rings is 2. The highest BCUT2D eigenvalue weighted by molar-refractivity contribution is 8.76. The molecule has 0 fully saturated rings. The second-order valence-electron chi connectivity index (χ2n) is 7.49. The summed E-state index contributed by atoms with van der Waals surface area (Å²) in [4.78, 5) is 25.1. The number of nitrogens with two attached hydrogens (primary N) is 2. The standard InChI is InChI=1S/C22H24Cl2N12S2/c23-17-31-19(35-21(33-17)29-15-5-1-13(25)2-6-15)27-9-11-37-38-12-10-28-20-32-18(24)34-22(36-20)30-16-7-3-14(26)4-8-16/h1-8H,9-12,25-26H2,(H2,27,29,31,33,35)(H2,28,30,32,34,36). The summed E-state index contributed by atoms with van der Waals surface area (Å²) >= 11 is 12.1. The van der Waals surface area contributed by atoms with E-state index in [1.807, 2.05) is 24.3 Å². The molecule has 0 saturated carbocycles. The van der Waals surface area contributed by atoms with Crippen molar-refractivity contribution in [2.24, 2.45) is 0 Å². The molecule has 0 aliphatic carbocycles. The van der Waals surface area contributed by atoms with Gasteiger partial charge in [-0.1, -0.05) is 21.6 Å². The van der Waals surface area contributed by atoms with Gasteiger partial charge in [0.25, 0.3) is 0 Å². The van der Waals surface area contributed by atoms with E-state index in [0.29, 0.717) is 48.3 Å². The largest absolute Gasteiger partial charge is 0.399 e. The molecule has 4 rings (SSSR count). The predicted molar refractivity (Wildman–Crippen MR) is 160 cm³/mol. The lowest BCUT2D eigenvalue weighted by Gasteiger charge is -2.09. The molecule has 2 aromatic heterocycles. The summed E-state index contributed by atoms with van der Waals surface area (Å²) < 4.78 is 0. The van der Waals surface area contributed by atoms with Gasteiger partial charge in [0.05, 0.1) is 0 Å². The highest BCUT2D eigenvalue weighted by Gasteiger charge is 2.07. The molecule has 0 aliphatic rings. The van der Waals surface area contributed by atoms with Crippen molar-refractivity contribution < 1.29 is 0 Å². The molecule has 0 atom stereocenters. The monoisotopic (exact) mass is 590 g/mol. The Bertz CT molecular complexity index is 1230. The predicted octanol–water partition coefficient (Wildman–Crippen LogP) is 4.92. The maximum atomic E-state index is 6.05. The van der Waals surface area contributed by atoms with Crippen LogP contribution in [0.3, 0.4) is 0 Å². The van der Waals surface area contributed by atoms with Crippen LogP contribution in [0.15, 0.2) is 48.5 Å². The van der Waals surface area contributed by atoms with Crippen molar-refractivity contribution in [2.75, 3.05) is 57.3 Å². The molecular weight excluding hydrogens is 567 g/mol. The fourth-order valence-electron chi connectivity index (χ4n) is 2.89. The Morgan fingerprint density at radius 2 is 0.921 bits per heavy atom. The quantitative estimate of drug-likeness (QED) is 0.0701. The summed E-state index contributed by atoms with van der Waals surface area (Å²) in [6.45, 7) is 1.30. The molecule has 0 amide bonds. The number of anilines is 8. The highest BCUT2D eigenvalue weighted by Crippen LogP contribution is 2.22. The van der Waals surface area contributed by atoms with Crippen molar-refractivity contribution in [3.8, 4) is 0 Å². The summed E-state index contributed by atoms with van der Waals surface area (Å²) in [6, 6.07) is 14.4. The van der Waals surface area contributed by atoms with E-state index in [-0.39, 0.29) is 10.6 Å². The second-order valence-corrected chi connectivity index (χ2v) is 10.9. The van der Waals surface area contributed by atoms with E-state index < -0.39 is 0 Å². The molecule has 38 heavy (non-hydrogen) atoms. The van der Waals surface area contributed by atoms with Gasteiger partial charge in [-0.15, -0.1) is 0 Å². The van der Waals surface area contributed by atoms with Gasteiger partial charge >= 0.3 is 0 Å². The van der Waals surface area contributed by atoms with Crippen LogP contribution in [0.5, 0.6) is 0 Å². The Kier molecular flexibility index (Phi) is 10.1. The highest BCUT2D eigenvalue weighted by atomic mass is 35.5. The number of nitrogens with one attached hydrogen (secondary N) is 4. The van der Waals surface area contributed by atoms with Gasteiger partial charge in [0.15, 0.2) is 0 Å². The molecule has 0 unspecified atom stereocenters. The first-order valence-corrected chi connectivity index (χ1v) is 14.5. The number of rotatable bonds is 13. The fourth-order valence-corrected chi connectivity index (χ4v) is 5.02. The average molecular weight is 592 g/mol. The molecular formula is C22H24Cl2N12S2. The summed E-state index contributed by atoms with van der Waals surface area (Å²) in [6.07, 6.45) is 0. The number of aromatic nitrogens is 6. The molecule has 0 bridgehead atoms. The fraction of sp³-hybridized carbons (Fsp3) is 0.182. The summed E-state index contributed by atoms with van der Waals surface area (Å²) in [5.41, 5.74) is 14.4. The maximum absolute atomic E-state index is 6.05. The molecule has 198 valence electrons. The molecule has 2 aromatic carbocycles. The van der Waals surface area contributed by atoms with Crippen LogP contribution in [-0.4, -0.2) is 54.5 Å².